The van der Waals surface area contributed by atoms with E-state index in [1.54, 1.807) is 41.1 Å². The number of aromatic amines is 1. The fourth-order valence-electron chi connectivity index (χ4n) is 3.24. The van der Waals surface area contributed by atoms with Gasteiger partial charge in [0, 0.05) is 10.4 Å². The van der Waals surface area contributed by atoms with Crippen LogP contribution in [-0.2, 0) is 6.54 Å². The highest BCUT2D eigenvalue weighted by atomic mass is 35.5. The van der Waals surface area contributed by atoms with Gasteiger partial charge >= 0.3 is 0 Å². The molecule has 0 atom stereocenters. The van der Waals surface area contributed by atoms with Crippen molar-refractivity contribution < 1.29 is 4.74 Å². The Morgan fingerprint density at radius 3 is 2.87 bits per heavy atom. The molecule has 3 heterocycles. The molecule has 3 N–H and O–H groups in total. The summed E-state index contributed by atoms with van der Waals surface area (Å²) >= 11 is 12.4. The van der Waals surface area contributed by atoms with Crippen molar-refractivity contribution in [2.75, 3.05) is 5.73 Å². The molecule has 0 aliphatic rings. The lowest BCUT2D eigenvalue weighted by Gasteiger charge is -2.09. The smallest absolute Gasteiger partial charge is 0.175 e. The van der Waals surface area contributed by atoms with E-state index in [-0.39, 0.29) is 0 Å². The first kappa shape index (κ1) is 19.1. The third-order valence-corrected chi connectivity index (χ3v) is 5.15. The van der Waals surface area contributed by atoms with E-state index in [9.17, 15) is 0 Å². The van der Waals surface area contributed by atoms with Crippen molar-refractivity contribution in [3.8, 4) is 17.6 Å². The summed E-state index contributed by atoms with van der Waals surface area (Å²) in [5, 5.41) is 26.4. The molecular formula is C20H12Cl2N8O. The number of nitriles is 1. The van der Waals surface area contributed by atoms with Crippen molar-refractivity contribution in [1.82, 2.24) is 30.2 Å². The number of aromatic nitrogens is 6. The predicted octanol–water partition coefficient (Wildman–Crippen LogP) is 4.30. The number of nitrogens with one attached hydrogen (secondary N) is 1. The second kappa shape index (κ2) is 7.43. The van der Waals surface area contributed by atoms with Gasteiger partial charge < -0.3 is 10.5 Å². The zero-order valence-electron chi connectivity index (χ0n) is 15.7. The van der Waals surface area contributed by atoms with Crippen LogP contribution in [0.5, 0.6) is 11.5 Å². The van der Waals surface area contributed by atoms with Crippen molar-refractivity contribution in [2.24, 2.45) is 0 Å². The fourth-order valence-corrected chi connectivity index (χ4v) is 3.66. The largest absolute Gasteiger partial charge is 0.453 e. The van der Waals surface area contributed by atoms with Gasteiger partial charge in [0.1, 0.15) is 11.6 Å². The quantitative estimate of drug-likeness (QED) is 0.416. The lowest BCUT2D eigenvalue weighted by atomic mass is 10.2. The molecule has 11 heteroatoms. The number of benzene rings is 2. The molecule has 0 radical (unpaired) electrons. The second-order valence-corrected chi connectivity index (χ2v) is 7.53. The fraction of sp³-hybridized carbons (Fsp3) is 0.0500. The van der Waals surface area contributed by atoms with E-state index in [1.807, 2.05) is 12.1 Å². The first-order chi connectivity index (χ1) is 15.0. The Kier molecular flexibility index (Phi) is 4.58. The van der Waals surface area contributed by atoms with Crippen LogP contribution in [0.1, 0.15) is 11.3 Å². The highest BCUT2D eigenvalue weighted by Gasteiger charge is 2.17. The van der Waals surface area contributed by atoms with E-state index in [2.05, 4.69) is 25.5 Å². The molecule has 0 saturated heterocycles. The Labute approximate surface area is 185 Å². The topological polar surface area (TPSA) is 131 Å². The molecule has 0 unspecified atom stereocenters. The lowest BCUT2D eigenvalue weighted by Crippen LogP contribution is -2.02. The zero-order valence-corrected chi connectivity index (χ0v) is 17.2. The maximum atomic E-state index is 9.16. The predicted molar refractivity (Wildman–Crippen MR) is 116 cm³/mol. The molecule has 5 rings (SSSR count). The van der Waals surface area contributed by atoms with Crippen LogP contribution in [0.3, 0.4) is 0 Å². The van der Waals surface area contributed by atoms with Crippen LogP contribution in [0.25, 0.3) is 22.1 Å². The summed E-state index contributed by atoms with van der Waals surface area (Å²) in [6, 6.07) is 13.8. The normalized spacial score (nSPS) is 11.1. The Morgan fingerprint density at radius 1 is 1.16 bits per heavy atom. The number of pyridine rings is 1. The zero-order chi connectivity index (χ0) is 21.5. The van der Waals surface area contributed by atoms with Gasteiger partial charge in [0.25, 0.3) is 0 Å². The molecule has 0 aliphatic carbocycles. The van der Waals surface area contributed by atoms with Crippen molar-refractivity contribution in [3.63, 3.8) is 0 Å². The molecule has 0 bridgehead atoms. The van der Waals surface area contributed by atoms with E-state index >= 15 is 0 Å². The molecule has 152 valence electrons. The van der Waals surface area contributed by atoms with E-state index in [0.29, 0.717) is 56.2 Å². The van der Waals surface area contributed by atoms with Crippen LogP contribution in [0, 0.1) is 11.3 Å². The first-order valence-electron chi connectivity index (χ1n) is 9.01. The minimum atomic E-state index is 0.317. The molecular weight excluding hydrogens is 439 g/mol. The van der Waals surface area contributed by atoms with Gasteiger partial charge in [-0.25, -0.2) is 9.67 Å². The maximum absolute atomic E-state index is 9.16. The van der Waals surface area contributed by atoms with Gasteiger partial charge in [-0.2, -0.15) is 10.4 Å². The van der Waals surface area contributed by atoms with Crippen molar-refractivity contribution in [1.29, 1.82) is 5.26 Å². The number of nitrogens with zero attached hydrogens (tertiary/aromatic N) is 6. The summed E-state index contributed by atoms with van der Waals surface area (Å²) in [7, 11) is 0. The van der Waals surface area contributed by atoms with Gasteiger partial charge in [-0.3, -0.25) is 5.10 Å². The number of fused-ring (bicyclic) bond motifs is 2. The summed E-state index contributed by atoms with van der Waals surface area (Å²) in [6.45, 7) is 0.346. The summed E-state index contributed by atoms with van der Waals surface area (Å²) in [5.41, 5.74) is 8.59. The molecule has 0 aliphatic heterocycles. The number of hydrogen-bond acceptors (Lipinski definition) is 7. The summed E-state index contributed by atoms with van der Waals surface area (Å²) < 4.78 is 7.63. The SMILES string of the molecule is N#Cc1cc(Cl)cc(Oc2c(Cl)ccc3c2nnn3Cc2n[nH]c3nc(N)ccc23)c1. The van der Waals surface area contributed by atoms with Crippen molar-refractivity contribution in [2.45, 2.75) is 6.54 Å². The average molecular weight is 451 g/mol. The number of hydrogen-bond donors (Lipinski definition) is 2. The molecule has 9 nitrogen and oxygen atoms in total. The van der Waals surface area contributed by atoms with Gasteiger partial charge in [-0.1, -0.05) is 28.4 Å². The lowest BCUT2D eigenvalue weighted by molar-refractivity contribution is 0.487. The van der Waals surface area contributed by atoms with E-state index in [1.165, 1.54) is 0 Å². The monoisotopic (exact) mass is 450 g/mol. The van der Waals surface area contributed by atoms with Crippen molar-refractivity contribution in [3.05, 3.63) is 63.8 Å². The molecule has 0 amide bonds. The Balaban J connectivity index is 1.54. The van der Waals surface area contributed by atoms with Crippen LogP contribution in [0.2, 0.25) is 10.0 Å². The molecule has 3 aromatic heterocycles. The van der Waals surface area contributed by atoms with Gasteiger partial charge in [0.2, 0.25) is 0 Å². The Bertz CT molecular complexity index is 1500. The Morgan fingerprint density at radius 2 is 2.03 bits per heavy atom. The number of nitrogens with two attached hydrogens (primary N) is 1. The molecule has 2 aromatic carbocycles. The molecule has 5 aromatic rings. The van der Waals surface area contributed by atoms with Gasteiger partial charge in [0.05, 0.1) is 34.4 Å². The van der Waals surface area contributed by atoms with Gasteiger partial charge in [-0.05, 0) is 42.5 Å². The summed E-state index contributed by atoms with van der Waals surface area (Å²) in [4.78, 5) is 4.22. The van der Waals surface area contributed by atoms with E-state index < -0.39 is 0 Å². The molecule has 0 fully saturated rings. The van der Waals surface area contributed by atoms with E-state index in [4.69, 9.17) is 38.9 Å². The van der Waals surface area contributed by atoms with Crippen LogP contribution < -0.4 is 10.5 Å². The molecule has 0 saturated carbocycles. The summed E-state index contributed by atoms with van der Waals surface area (Å²) in [5.74, 6) is 1.10. The highest BCUT2D eigenvalue weighted by Crippen LogP contribution is 2.36. The number of halogens is 2. The summed E-state index contributed by atoms with van der Waals surface area (Å²) in [6.07, 6.45) is 0. The van der Waals surface area contributed by atoms with Crippen LogP contribution in [0.15, 0.2) is 42.5 Å². The number of nitrogen functional groups attached to an aromatic ring is 1. The second-order valence-electron chi connectivity index (χ2n) is 6.68. The van der Waals surface area contributed by atoms with Crippen LogP contribution >= 0.6 is 23.2 Å². The first-order valence-corrected chi connectivity index (χ1v) is 9.77. The Hall–Kier alpha value is -3.87. The number of anilines is 1. The highest BCUT2D eigenvalue weighted by molar-refractivity contribution is 6.33. The molecule has 31 heavy (non-hydrogen) atoms. The van der Waals surface area contributed by atoms with Gasteiger partial charge in [0.15, 0.2) is 16.9 Å². The number of rotatable bonds is 4. The standard InChI is InChI=1S/C20H12Cl2N8O/c21-11-5-10(8-23)6-12(7-11)31-19-14(22)2-3-16-18(19)27-29-30(16)9-15-13-1-4-17(24)25-20(13)28-26-15/h1-7H,9H2,(H3,24,25,26,28). The third kappa shape index (κ3) is 3.48. The minimum Gasteiger partial charge on any atom is -0.453 e. The molecule has 0 spiro atoms. The third-order valence-electron chi connectivity index (χ3n) is 4.64. The van der Waals surface area contributed by atoms with E-state index in [0.717, 1.165) is 11.1 Å². The van der Waals surface area contributed by atoms with Crippen LogP contribution in [-0.4, -0.2) is 30.2 Å². The average Bonchev–Trinajstić information content (AvgIpc) is 3.34. The number of H-pyrrole nitrogens is 1. The van der Waals surface area contributed by atoms with Gasteiger partial charge in [-0.15, -0.1) is 5.10 Å². The number of ether oxygens (including phenoxy) is 1. The van der Waals surface area contributed by atoms with Crippen molar-refractivity contribution >= 4 is 51.1 Å². The minimum absolute atomic E-state index is 0.317. The maximum Gasteiger partial charge on any atom is 0.175 e. The van der Waals surface area contributed by atoms with Crippen LogP contribution in [0.4, 0.5) is 5.82 Å².